The van der Waals surface area contributed by atoms with Crippen LogP contribution in [0.15, 0.2) is 42.5 Å². The lowest BCUT2D eigenvalue weighted by Crippen LogP contribution is -2.36. The van der Waals surface area contributed by atoms with Gasteiger partial charge in [-0.2, -0.15) is 8.42 Å². The van der Waals surface area contributed by atoms with Crippen molar-refractivity contribution in [3.8, 4) is 5.75 Å². The molecule has 0 aromatic heterocycles. The summed E-state index contributed by atoms with van der Waals surface area (Å²) in [6.45, 7) is 9.28. The van der Waals surface area contributed by atoms with Crippen LogP contribution >= 0.6 is 0 Å². The number of nitrogens with one attached hydrogen (secondary N) is 1. The summed E-state index contributed by atoms with van der Waals surface area (Å²) in [4.78, 5) is 14.7. The number of aryl methyl sites for hydroxylation is 2. The highest BCUT2D eigenvalue weighted by molar-refractivity contribution is 7.86. The van der Waals surface area contributed by atoms with Gasteiger partial charge in [0.15, 0.2) is 0 Å². The largest absolute Gasteiger partial charge is 0.383 e. The second-order valence-electron chi connectivity index (χ2n) is 7.78. The first kappa shape index (κ1) is 22.7. The highest BCUT2D eigenvalue weighted by Crippen LogP contribution is 2.19. The van der Waals surface area contributed by atoms with E-state index in [0.29, 0.717) is 19.0 Å². The van der Waals surface area contributed by atoms with E-state index < -0.39 is 10.1 Å². The summed E-state index contributed by atoms with van der Waals surface area (Å²) in [5.41, 5.74) is 3.86. The number of anilines is 1. The van der Waals surface area contributed by atoms with E-state index >= 15 is 0 Å². The number of hydrogen-bond donors (Lipinski definition) is 1. The van der Waals surface area contributed by atoms with Gasteiger partial charge >= 0.3 is 16.1 Å². The Morgan fingerprint density at radius 2 is 1.76 bits per heavy atom. The molecule has 29 heavy (non-hydrogen) atoms. The van der Waals surface area contributed by atoms with Crippen molar-refractivity contribution in [3.05, 3.63) is 59.2 Å². The van der Waals surface area contributed by atoms with Gasteiger partial charge in [0.25, 0.3) is 0 Å². The van der Waals surface area contributed by atoms with Crippen molar-refractivity contribution in [2.45, 2.75) is 40.7 Å². The standard InChI is InChI=1S/C22H30N2O4S/c1-16(2)12-13-24(22(25)23-21-11-6-17(3)14-18(21)4)15-19-7-9-20(10-8-19)28-29(5,26)27/h6-11,14,16H,12-13,15H2,1-5H3,(H,23,25). The number of carbonyl (C=O) groups is 1. The minimum atomic E-state index is -3.56. The molecule has 0 spiro atoms. The molecule has 7 heteroatoms. The predicted molar refractivity (Wildman–Crippen MR) is 117 cm³/mol. The van der Waals surface area contributed by atoms with Crippen molar-refractivity contribution in [2.75, 3.05) is 18.1 Å². The fraction of sp³-hybridized carbons (Fsp3) is 0.409. The molecule has 2 amide bonds. The van der Waals surface area contributed by atoms with E-state index in [2.05, 4.69) is 19.2 Å². The minimum Gasteiger partial charge on any atom is -0.383 e. The highest BCUT2D eigenvalue weighted by Gasteiger charge is 2.16. The van der Waals surface area contributed by atoms with Gasteiger partial charge in [-0.15, -0.1) is 0 Å². The number of amides is 2. The lowest BCUT2D eigenvalue weighted by molar-refractivity contribution is 0.205. The zero-order chi connectivity index (χ0) is 21.6. The van der Waals surface area contributed by atoms with Gasteiger partial charge < -0.3 is 14.4 Å². The second kappa shape index (κ2) is 9.78. The van der Waals surface area contributed by atoms with Crippen LogP contribution < -0.4 is 9.50 Å². The maximum atomic E-state index is 12.9. The molecule has 0 atom stereocenters. The zero-order valence-electron chi connectivity index (χ0n) is 17.7. The maximum Gasteiger partial charge on any atom is 0.322 e. The van der Waals surface area contributed by atoms with Crippen molar-refractivity contribution >= 4 is 21.8 Å². The summed E-state index contributed by atoms with van der Waals surface area (Å²) in [6, 6.07) is 12.5. The molecule has 0 aliphatic heterocycles. The van der Waals surface area contributed by atoms with Crippen molar-refractivity contribution < 1.29 is 17.4 Å². The normalized spacial score (nSPS) is 11.4. The van der Waals surface area contributed by atoms with E-state index in [1.165, 1.54) is 0 Å². The molecular formula is C22H30N2O4S. The topological polar surface area (TPSA) is 75.7 Å². The van der Waals surface area contributed by atoms with Gasteiger partial charge in [0, 0.05) is 18.8 Å². The van der Waals surface area contributed by atoms with Crippen molar-refractivity contribution in [3.63, 3.8) is 0 Å². The molecule has 2 aromatic rings. The van der Waals surface area contributed by atoms with Crippen LogP contribution in [-0.4, -0.2) is 32.1 Å². The molecule has 0 aliphatic carbocycles. The fourth-order valence-electron chi connectivity index (χ4n) is 2.86. The smallest absolute Gasteiger partial charge is 0.322 e. The Labute approximate surface area is 174 Å². The Morgan fingerprint density at radius 3 is 2.31 bits per heavy atom. The Bertz CT molecular complexity index is 938. The minimum absolute atomic E-state index is 0.158. The monoisotopic (exact) mass is 418 g/mol. The van der Waals surface area contributed by atoms with Crippen LogP contribution in [0, 0.1) is 19.8 Å². The molecule has 158 valence electrons. The van der Waals surface area contributed by atoms with Crippen LogP contribution in [0.2, 0.25) is 0 Å². The third-order valence-corrected chi connectivity index (χ3v) is 4.93. The summed E-state index contributed by atoms with van der Waals surface area (Å²) in [7, 11) is -3.56. The van der Waals surface area contributed by atoms with Crippen LogP contribution in [0.5, 0.6) is 5.75 Å². The number of nitrogens with zero attached hydrogens (tertiary/aromatic N) is 1. The summed E-state index contributed by atoms with van der Waals surface area (Å²) in [6.07, 6.45) is 1.89. The molecule has 1 N–H and O–H groups in total. The van der Waals surface area contributed by atoms with Gasteiger partial charge in [-0.25, -0.2) is 4.79 Å². The van der Waals surface area contributed by atoms with Gasteiger partial charge in [-0.05, 0) is 55.5 Å². The molecule has 2 aromatic carbocycles. The van der Waals surface area contributed by atoms with E-state index in [1.807, 2.05) is 32.0 Å². The molecule has 0 heterocycles. The quantitative estimate of drug-likeness (QED) is 0.629. The van der Waals surface area contributed by atoms with Crippen molar-refractivity contribution in [2.24, 2.45) is 5.92 Å². The summed E-state index contributed by atoms with van der Waals surface area (Å²) < 4.78 is 27.3. The lowest BCUT2D eigenvalue weighted by atomic mass is 10.1. The molecule has 0 bridgehead atoms. The molecule has 0 aliphatic rings. The first-order valence-electron chi connectivity index (χ1n) is 9.65. The van der Waals surface area contributed by atoms with E-state index in [1.54, 1.807) is 29.2 Å². The molecule has 0 saturated carbocycles. The van der Waals surface area contributed by atoms with Crippen LogP contribution in [0.1, 0.15) is 37.0 Å². The maximum absolute atomic E-state index is 12.9. The van der Waals surface area contributed by atoms with Gasteiger partial charge in [-0.3, -0.25) is 0 Å². The molecule has 0 fully saturated rings. The molecular weight excluding hydrogens is 388 g/mol. The first-order chi connectivity index (χ1) is 13.5. The zero-order valence-corrected chi connectivity index (χ0v) is 18.5. The summed E-state index contributed by atoms with van der Waals surface area (Å²) >= 11 is 0. The van der Waals surface area contributed by atoms with E-state index in [9.17, 15) is 13.2 Å². The van der Waals surface area contributed by atoms with E-state index in [4.69, 9.17) is 4.18 Å². The number of hydrogen-bond acceptors (Lipinski definition) is 4. The van der Waals surface area contributed by atoms with Crippen LogP contribution in [0.25, 0.3) is 0 Å². The molecule has 0 unspecified atom stereocenters. The Kier molecular flexibility index (Phi) is 7.67. The third-order valence-electron chi connectivity index (χ3n) is 4.43. The second-order valence-corrected chi connectivity index (χ2v) is 9.36. The Balaban J connectivity index is 2.13. The van der Waals surface area contributed by atoms with Gasteiger partial charge in [0.1, 0.15) is 5.75 Å². The van der Waals surface area contributed by atoms with Crippen molar-refractivity contribution in [1.82, 2.24) is 4.90 Å². The van der Waals surface area contributed by atoms with E-state index in [0.717, 1.165) is 35.1 Å². The molecule has 0 radical (unpaired) electrons. The average Bonchev–Trinajstić information content (AvgIpc) is 2.61. The number of rotatable bonds is 8. The first-order valence-corrected chi connectivity index (χ1v) is 11.5. The number of urea groups is 1. The molecule has 2 rings (SSSR count). The molecule has 6 nitrogen and oxygen atoms in total. The Hall–Kier alpha value is -2.54. The molecule has 0 saturated heterocycles. The average molecular weight is 419 g/mol. The number of carbonyl (C=O) groups excluding carboxylic acids is 1. The van der Waals surface area contributed by atoms with Crippen LogP contribution in [0.4, 0.5) is 10.5 Å². The third kappa shape index (κ3) is 7.77. The van der Waals surface area contributed by atoms with Gasteiger partial charge in [0.2, 0.25) is 0 Å². The van der Waals surface area contributed by atoms with Crippen molar-refractivity contribution in [1.29, 1.82) is 0 Å². The van der Waals surface area contributed by atoms with Gasteiger partial charge in [-0.1, -0.05) is 43.7 Å². The predicted octanol–water partition coefficient (Wildman–Crippen LogP) is 4.72. The van der Waals surface area contributed by atoms with Crippen LogP contribution in [-0.2, 0) is 16.7 Å². The lowest BCUT2D eigenvalue weighted by Gasteiger charge is -2.25. The number of benzene rings is 2. The summed E-state index contributed by atoms with van der Waals surface area (Å²) in [5.74, 6) is 0.724. The van der Waals surface area contributed by atoms with Crippen LogP contribution in [0.3, 0.4) is 0 Å². The Morgan fingerprint density at radius 1 is 1.10 bits per heavy atom. The fourth-order valence-corrected chi connectivity index (χ4v) is 3.32. The highest BCUT2D eigenvalue weighted by atomic mass is 32.2. The SMILES string of the molecule is Cc1ccc(NC(=O)N(CCC(C)C)Cc2ccc(OS(C)(=O)=O)cc2)c(C)c1. The van der Waals surface area contributed by atoms with Gasteiger partial charge in [0.05, 0.1) is 6.26 Å². The summed E-state index contributed by atoms with van der Waals surface area (Å²) in [5, 5.41) is 3.01. The van der Waals surface area contributed by atoms with E-state index in [-0.39, 0.29) is 11.8 Å².